The van der Waals surface area contributed by atoms with Crippen molar-refractivity contribution in [3.05, 3.63) is 0 Å². The molecule has 8 heteroatoms. The Balaban J connectivity index is 0.000000287. The van der Waals surface area contributed by atoms with E-state index in [9.17, 15) is 0 Å². The van der Waals surface area contributed by atoms with Gasteiger partial charge in [-0.1, -0.05) is 19.3 Å². The Morgan fingerprint density at radius 2 is 1.59 bits per heavy atom. The Hall–Kier alpha value is 0.294. The van der Waals surface area contributed by atoms with Crippen molar-refractivity contribution in [2.45, 2.75) is 52.1 Å². The number of nitrogens with zero attached hydrogens (tertiary/aromatic N) is 1. The topological polar surface area (TPSA) is 66.1 Å². The third-order valence-corrected chi connectivity index (χ3v) is 10.5. The van der Waals surface area contributed by atoms with Crippen molar-refractivity contribution in [2.24, 2.45) is 10.4 Å². The molecule has 2 heterocycles. The molecule has 0 radical (unpaired) electrons. The van der Waals surface area contributed by atoms with Crippen molar-refractivity contribution in [3.63, 3.8) is 0 Å². The Labute approximate surface area is 142 Å². The zero-order valence-corrected chi connectivity index (χ0v) is 17.3. The molecule has 22 heavy (non-hydrogen) atoms. The van der Waals surface area contributed by atoms with Gasteiger partial charge in [-0.15, -0.1) is 11.8 Å². The van der Waals surface area contributed by atoms with Gasteiger partial charge in [-0.2, -0.15) is 0 Å². The maximum Gasteiger partial charge on any atom is 0.562 e. The van der Waals surface area contributed by atoms with E-state index in [-0.39, 0.29) is 0 Å². The summed E-state index contributed by atoms with van der Waals surface area (Å²) in [5.74, 6) is 1.01. The van der Waals surface area contributed by atoms with Crippen LogP contribution >= 0.6 is 11.8 Å². The van der Waals surface area contributed by atoms with Crippen LogP contribution in [0.15, 0.2) is 4.99 Å². The van der Waals surface area contributed by atoms with E-state index in [1.807, 2.05) is 20.8 Å². The van der Waals surface area contributed by atoms with E-state index in [0.717, 1.165) is 17.0 Å². The van der Waals surface area contributed by atoms with Crippen LogP contribution in [0, 0.1) is 0 Å². The molecule has 0 bridgehead atoms. The molecule has 0 aromatic carbocycles. The van der Waals surface area contributed by atoms with E-state index in [2.05, 4.69) is 4.99 Å². The smallest absolute Gasteiger partial charge is 0.369 e. The normalized spacial score (nSPS) is 19.5. The predicted molar refractivity (Wildman–Crippen MR) is 100 cm³/mol. The van der Waals surface area contributed by atoms with Crippen LogP contribution in [0.2, 0.25) is 12.1 Å². The summed E-state index contributed by atoms with van der Waals surface area (Å²) in [6, 6.07) is 2.81. The second kappa shape index (κ2) is 11.8. The summed E-state index contributed by atoms with van der Waals surface area (Å²) in [5.41, 5.74) is 0. The lowest BCUT2D eigenvalue weighted by Crippen LogP contribution is -2.52. The Morgan fingerprint density at radius 3 is 1.91 bits per heavy atom. The van der Waals surface area contributed by atoms with Crippen LogP contribution in [-0.4, -0.2) is 54.5 Å². The lowest BCUT2D eigenvalue weighted by atomic mass is 10.3. The molecule has 2 N–H and O–H groups in total. The molecule has 0 saturated carbocycles. The zero-order valence-electron chi connectivity index (χ0n) is 14.3. The van der Waals surface area contributed by atoms with Crippen molar-refractivity contribution in [3.8, 4) is 0 Å². The molecule has 1 saturated heterocycles. The Kier molecular flexibility index (Phi) is 10.9. The summed E-state index contributed by atoms with van der Waals surface area (Å²) >= 11 is 1.71. The van der Waals surface area contributed by atoms with Gasteiger partial charge in [0, 0.05) is 32.1 Å². The van der Waals surface area contributed by atoms with E-state index >= 15 is 0 Å². The molecule has 0 aromatic rings. The van der Waals surface area contributed by atoms with Crippen molar-refractivity contribution in [1.82, 2.24) is 0 Å². The molecule has 0 spiro atoms. The summed E-state index contributed by atoms with van der Waals surface area (Å²) < 4.78 is 18.2. The van der Waals surface area contributed by atoms with Gasteiger partial charge in [0.2, 0.25) is 0 Å². The first-order chi connectivity index (χ1) is 10.7. The highest BCUT2D eigenvalue weighted by Crippen LogP contribution is 2.24. The van der Waals surface area contributed by atoms with E-state index in [4.69, 9.17) is 18.7 Å². The van der Waals surface area contributed by atoms with Gasteiger partial charge in [0.25, 0.3) is 0 Å². The van der Waals surface area contributed by atoms with Crippen LogP contribution in [0.3, 0.4) is 0 Å². The van der Waals surface area contributed by atoms with Crippen LogP contribution < -0.4 is 5.40 Å². The van der Waals surface area contributed by atoms with Crippen LogP contribution in [0.1, 0.15) is 40.0 Å². The average Bonchev–Trinajstić information content (AvgIpc) is 3.04. The molecule has 0 atom stereocenters. The minimum Gasteiger partial charge on any atom is -0.369 e. The molecule has 0 unspecified atom stereocenters. The van der Waals surface area contributed by atoms with Crippen LogP contribution in [-0.2, 0) is 13.3 Å². The van der Waals surface area contributed by atoms with Crippen molar-refractivity contribution >= 4 is 34.2 Å². The first kappa shape index (κ1) is 20.3. The fourth-order valence-corrected chi connectivity index (χ4v) is 8.62. The lowest BCUT2D eigenvalue weighted by Gasteiger charge is -2.27. The largest absolute Gasteiger partial charge is 0.562 e. The second-order valence-corrected chi connectivity index (χ2v) is 11.9. The van der Waals surface area contributed by atoms with Crippen molar-refractivity contribution < 1.29 is 13.3 Å². The SMILES string of the molecule is CCO[Si](OCC)(OCC)C1=NCCS1.N[SiH]1CCCCC1. The number of rotatable bonds is 7. The minimum absolute atomic E-state index is 0.595. The Morgan fingerprint density at radius 1 is 1.05 bits per heavy atom. The number of thioether (sulfide) groups is 1. The van der Waals surface area contributed by atoms with Gasteiger partial charge in [0.1, 0.15) is 13.6 Å². The number of aliphatic imine (C=N–C) groups is 1. The number of hydrogen-bond acceptors (Lipinski definition) is 6. The molecule has 2 aliphatic rings. The zero-order chi connectivity index (χ0) is 16.3. The highest BCUT2D eigenvalue weighted by molar-refractivity contribution is 8.18. The molecular formula is C14H32N2O3SSi2. The molecule has 0 amide bonds. The van der Waals surface area contributed by atoms with E-state index in [0.29, 0.717) is 19.8 Å². The monoisotopic (exact) mass is 364 g/mol. The standard InChI is InChI=1S/C9H19NO3SSi.C5H13NSi/c1-4-11-15(12-5-2,13-6-3)9-10-7-8-14-9;6-7-4-2-1-3-5-7/h4-8H2,1-3H3;7H,1-6H2. The summed E-state index contributed by atoms with van der Waals surface area (Å²) in [6.45, 7) is 8.53. The summed E-state index contributed by atoms with van der Waals surface area (Å²) in [6.07, 6.45) is 4.29. The van der Waals surface area contributed by atoms with E-state index < -0.39 is 17.8 Å². The summed E-state index contributed by atoms with van der Waals surface area (Å²) in [5, 5.41) is 5.77. The molecule has 1 fully saturated rings. The van der Waals surface area contributed by atoms with Gasteiger partial charge in [-0.3, -0.25) is 4.99 Å². The van der Waals surface area contributed by atoms with E-state index in [1.165, 1.54) is 31.4 Å². The highest BCUT2D eigenvalue weighted by Gasteiger charge is 2.48. The quantitative estimate of drug-likeness (QED) is 0.703. The first-order valence-electron chi connectivity index (χ1n) is 8.53. The molecule has 2 rings (SSSR count). The van der Waals surface area contributed by atoms with Crippen molar-refractivity contribution in [2.75, 3.05) is 32.1 Å². The number of nitrogens with two attached hydrogens (primary N) is 1. The first-order valence-corrected chi connectivity index (χ1v) is 13.5. The van der Waals surface area contributed by atoms with Gasteiger partial charge in [0.05, 0.1) is 0 Å². The molecule has 130 valence electrons. The average molecular weight is 365 g/mol. The molecule has 0 aromatic heterocycles. The fraction of sp³-hybridized carbons (Fsp3) is 0.929. The van der Waals surface area contributed by atoms with Gasteiger partial charge in [0.15, 0.2) is 0 Å². The maximum atomic E-state index is 5.77. The van der Waals surface area contributed by atoms with Gasteiger partial charge >= 0.3 is 8.80 Å². The maximum absolute atomic E-state index is 5.77. The molecule has 0 aliphatic carbocycles. The molecular weight excluding hydrogens is 332 g/mol. The minimum atomic E-state index is -2.65. The van der Waals surface area contributed by atoms with E-state index in [1.54, 1.807) is 11.8 Å². The molecule has 2 aliphatic heterocycles. The molecule has 5 nitrogen and oxygen atoms in total. The van der Waals surface area contributed by atoms with Crippen molar-refractivity contribution in [1.29, 1.82) is 0 Å². The third-order valence-electron chi connectivity index (χ3n) is 3.50. The predicted octanol–water partition coefficient (Wildman–Crippen LogP) is 2.57. The van der Waals surface area contributed by atoms with Gasteiger partial charge < -0.3 is 18.7 Å². The summed E-state index contributed by atoms with van der Waals surface area (Å²) in [7, 11) is -3.24. The third kappa shape index (κ3) is 6.82. The van der Waals surface area contributed by atoms with Gasteiger partial charge in [-0.05, 0) is 32.9 Å². The van der Waals surface area contributed by atoms with Crippen LogP contribution in [0.4, 0.5) is 0 Å². The summed E-state index contributed by atoms with van der Waals surface area (Å²) in [4.78, 5) is 4.43. The van der Waals surface area contributed by atoms with Gasteiger partial charge in [-0.25, -0.2) is 0 Å². The van der Waals surface area contributed by atoms with Crippen LogP contribution in [0.5, 0.6) is 0 Å². The fourth-order valence-electron chi connectivity index (χ4n) is 2.53. The number of hydrogen-bond donors (Lipinski definition) is 1. The highest BCUT2D eigenvalue weighted by atomic mass is 32.2. The van der Waals surface area contributed by atoms with Crippen LogP contribution in [0.25, 0.3) is 0 Å². The Bertz CT molecular complexity index is 312. The second-order valence-electron chi connectivity index (χ2n) is 5.29. The lowest BCUT2D eigenvalue weighted by molar-refractivity contribution is 0.0908.